The number of halogens is 1. The van der Waals surface area contributed by atoms with E-state index in [0.717, 1.165) is 4.47 Å². The van der Waals surface area contributed by atoms with Crippen LogP contribution in [0.25, 0.3) is 10.9 Å². The molecule has 2 aromatic rings. The van der Waals surface area contributed by atoms with Gasteiger partial charge in [-0.3, -0.25) is 0 Å². The summed E-state index contributed by atoms with van der Waals surface area (Å²) in [6, 6.07) is 6.52. The molecule has 0 bridgehead atoms. The zero-order valence-electron chi connectivity index (χ0n) is 10.5. The number of H-pyrrole nitrogens is 1. The molecule has 3 heteroatoms. The smallest absolute Gasteiger partial charge is 0.0458 e. The van der Waals surface area contributed by atoms with Crippen molar-refractivity contribution in [2.45, 2.75) is 38.1 Å². The molecule has 0 saturated heterocycles. The fraction of sp³-hybridized carbons (Fsp3) is 0.467. The van der Waals surface area contributed by atoms with Crippen molar-refractivity contribution >= 4 is 26.8 Å². The first-order valence-corrected chi connectivity index (χ1v) is 7.57. The van der Waals surface area contributed by atoms with Gasteiger partial charge in [-0.2, -0.15) is 0 Å². The van der Waals surface area contributed by atoms with Crippen molar-refractivity contribution in [3.63, 3.8) is 0 Å². The number of aromatic amines is 1. The first-order valence-electron chi connectivity index (χ1n) is 6.78. The van der Waals surface area contributed by atoms with Gasteiger partial charge >= 0.3 is 0 Å². The second-order valence-corrected chi connectivity index (χ2v) is 6.27. The molecule has 1 saturated carbocycles. The van der Waals surface area contributed by atoms with Crippen LogP contribution in [0.15, 0.2) is 28.9 Å². The van der Waals surface area contributed by atoms with E-state index in [-0.39, 0.29) is 6.04 Å². The molecular weight excluding hydrogens is 288 g/mol. The lowest BCUT2D eigenvalue weighted by atomic mass is 9.81. The Hall–Kier alpha value is -0.800. The Labute approximate surface area is 116 Å². The van der Waals surface area contributed by atoms with Gasteiger partial charge < -0.3 is 10.7 Å². The average Bonchev–Trinajstić information content (AvgIpc) is 2.82. The lowest BCUT2D eigenvalue weighted by molar-refractivity contribution is 0.309. The summed E-state index contributed by atoms with van der Waals surface area (Å²) in [6.45, 7) is 0. The highest BCUT2D eigenvalue weighted by Gasteiger charge is 2.23. The highest BCUT2D eigenvalue weighted by molar-refractivity contribution is 9.10. The highest BCUT2D eigenvalue weighted by Crippen LogP contribution is 2.36. The summed E-state index contributed by atoms with van der Waals surface area (Å²) in [4.78, 5) is 3.33. The Kier molecular flexibility index (Phi) is 3.44. The molecule has 18 heavy (non-hydrogen) atoms. The minimum Gasteiger partial charge on any atom is -0.361 e. The van der Waals surface area contributed by atoms with Crippen molar-refractivity contribution in [1.82, 2.24) is 4.98 Å². The van der Waals surface area contributed by atoms with Gasteiger partial charge in [-0.05, 0) is 42.5 Å². The second-order valence-electron chi connectivity index (χ2n) is 5.36. The van der Waals surface area contributed by atoms with E-state index in [9.17, 15) is 0 Å². The summed E-state index contributed by atoms with van der Waals surface area (Å²) < 4.78 is 1.12. The fourth-order valence-electron chi connectivity index (χ4n) is 3.14. The molecule has 1 unspecified atom stereocenters. The van der Waals surface area contributed by atoms with Crippen molar-refractivity contribution in [2.24, 2.45) is 11.7 Å². The second kappa shape index (κ2) is 5.06. The monoisotopic (exact) mass is 306 g/mol. The van der Waals surface area contributed by atoms with Crippen LogP contribution in [0, 0.1) is 5.92 Å². The summed E-state index contributed by atoms with van der Waals surface area (Å²) in [5.74, 6) is 0.650. The third kappa shape index (κ3) is 2.21. The maximum Gasteiger partial charge on any atom is 0.0458 e. The topological polar surface area (TPSA) is 41.8 Å². The molecule has 1 heterocycles. The Bertz CT molecular complexity index is 540. The number of benzene rings is 1. The fourth-order valence-corrected chi connectivity index (χ4v) is 3.50. The molecule has 1 aromatic carbocycles. The molecule has 0 amide bonds. The zero-order chi connectivity index (χ0) is 12.5. The molecule has 96 valence electrons. The van der Waals surface area contributed by atoms with E-state index in [4.69, 9.17) is 5.73 Å². The number of hydrogen-bond donors (Lipinski definition) is 2. The standard InChI is InChI=1S/C15H19BrN2/c16-11-6-7-14-12(8-11)13(9-18-14)15(17)10-4-2-1-3-5-10/h6-10,15,18H,1-5,17H2. The maximum absolute atomic E-state index is 6.50. The van der Waals surface area contributed by atoms with Gasteiger partial charge in [0.1, 0.15) is 0 Å². The number of aromatic nitrogens is 1. The van der Waals surface area contributed by atoms with Crippen molar-refractivity contribution in [3.05, 3.63) is 34.4 Å². The zero-order valence-corrected chi connectivity index (χ0v) is 12.0. The molecular formula is C15H19BrN2. The van der Waals surface area contributed by atoms with Gasteiger partial charge in [0.05, 0.1) is 0 Å². The maximum atomic E-state index is 6.50. The van der Waals surface area contributed by atoms with E-state index in [1.165, 1.54) is 48.6 Å². The van der Waals surface area contributed by atoms with Gasteiger partial charge in [-0.1, -0.05) is 35.2 Å². The van der Waals surface area contributed by atoms with Crippen LogP contribution in [-0.4, -0.2) is 4.98 Å². The van der Waals surface area contributed by atoms with Gasteiger partial charge in [0.25, 0.3) is 0 Å². The molecule has 1 fully saturated rings. The number of fused-ring (bicyclic) bond motifs is 1. The molecule has 1 aromatic heterocycles. The summed E-state index contributed by atoms with van der Waals surface area (Å²) >= 11 is 3.54. The van der Waals surface area contributed by atoms with Crippen LogP contribution >= 0.6 is 15.9 Å². The van der Waals surface area contributed by atoms with Crippen molar-refractivity contribution in [3.8, 4) is 0 Å². The van der Waals surface area contributed by atoms with E-state index in [1.54, 1.807) is 0 Å². The lowest BCUT2D eigenvalue weighted by Gasteiger charge is -2.27. The first kappa shape index (κ1) is 12.2. The summed E-state index contributed by atoms with van der Waals surface area (Å²) in [5.41, 5.74) is 8.95. The van der Waals surface area contributed by atoms with Crippen LogP contribution in [0.2, 0.25) is 0 Å². The van der Waals surface area contributed by atoms with E-state index in [1.807, 2.05) is 0 Å². The van der Waals surface area contributed by atoms with Crippen LogP contribution < -0.4 is 5.73 Å². The number of nitrogens with one attached hydrogen (secondary N) is 1. The third-order valence-electron chi connectivity index (χ3n) is 4.19. The van der Waals surface area contributed by atoms with Gasteiger partial charge in [0, 0.05) is 27.6 Å². The Morgan fingerprint density at radius 1 is 1.22 bits per heavy atom. The van der Waals surface area contributed by atoms with Crippen molar-refractivity contribution in [1.29, 1.82) is 0 Å². The van der Waals surface area contributed by atoms with Crippen LogP contribution in [0.4, 0.5) is 0 Å². The molecule has 0 radical (unpaired) electrons. The quantitative estimate of drug-likeness (QED) is 0.842. The summed E-state index contributed by atoms with van der Waals surface area (Å²) in [5, 5.41) is 1.27. The van der Waals surface area contributed by atoms with E-state index < -0.39 is 0 Å². The summed E-state index contributed by atoms with van der Waals surface area (Å²) in [7, 11) is 0. The number of nitrogens with two attached hydrogens (primary N) is 1. The first-order chi connectivity index (χ1) is 8.75. The average molecular weight is 307 g/mol. The molecule has 1 aliphatic carbocycles. The van der Waals surface area contributed by atoms with Crippen molar-refractivity contribution < 1.29 is 0 Å². The molecule has 1 aliphatic rings. The normalized spacial score (nSPS) is 19.2. The number of rotatable bonds is 2. The molecule has 3 rings (SSSR count). The third-order valence-corrected chi connectivity index (χ3v) is 4.69. The van der Waals surface area contributed by atoms with Gasteiger partial charge in [-0.15, -0.1) is 0 Å². The predicted octanol–water partition coefficient (Wildman–Crippen LogP) is 4.51. The minimum atomic E-state index is 0.174. The van der Waals surface area contributed by atoms with E-state index >= 15 is 0 Å². The number of hydrogen-bond acceptors (Lipinski definition) is 1. The molecule has 3 N–H and O–H groups in total. The van der Waals surface area contributed by atoms with Crippen LogP contribution in [0.1, 0.15) is 43.7 Å². The molecule has 2 nitrogen and oxygen atoms in total. The minimum absolute atomic E-state index is 0.174. The Morgan fingerprint density at radius 3 is 2.78 bits per heavy atom. The van der Waals surface area contributed by atoms with Crippen molar-refractivity contribution in [2.75, 3.05) is 0 Å². The Balaban J connectivity index is 1.95. The van der Waals surface area contributed by atoms with Gasteiger partial charge in [0.2, 0.25) is 0 Å². The molecule has 0 aliphatic heterocycles. The van der Waals surface area contributed by atoms with Crippen LogP contribution in [0.3, 0.4) is 0 Å². The van der Waals surface area contributed by atoms with Crippen LogP contribution in [-0.2, 0) is 0 Å². The summed E-state index contributed by atoms with van der Waals surface area (Å²) in [6.07, 6.45) is 8.71. The van der Waals surface area contributed by atoms with Crippen LogP contribution in [0.5, 0.6) is 0 Å². The lowest BCUT2D eigenvalue weighted by Crippen LogP contribution is -2.23. The molecule has 1 atom stereocenters. The largest absolute Gasteiger partial charge is 0.361 e. The predicted molar refractivity (Wildman–Crippen MR) is 79.5 cm³/mol. The van der Waals surface area contributed by atoms with E-state index in [2.05, 4.69) is 45.3 Å². The SMILES string of the molecule is NC(c1c[nH]c2ccc(Br)cc12)C1CCCCC1. The molecule has 0 spiro atoms. The highest BCUT2D eigenvalue weighted by atomic mass is 79.9. The van der Waals surface area contributed by atoms with Gasteiger partial charge in [-0.25, -0.2) is 0 Å². The van der Waals surface area contributed by atoms with Gasteiger partial charge in [0.15, 0.2) is 0 Å². The Morgan fingerprint density at radius 2 is 2.00 bits per heavy atom. The van der Waals surface area contributed by atoms with E-state index in [0.29, 0.717) is 5.92 Å².